The van der Waals surface area contributed by atoms with Gasteiger partial charge >= 0.3 is 0 Å². The second kappa shape index (κ2) is 4.51. The van der Waals surface area contributed by atoms with Crippen molar-refractivity contribution >= 4 is 33.4 Å². The number of halogens is 1. The van der Waals surface area contributed by atoms with Crippen LogP contribution in [0.2, 0.25) is 5.28 Å². The Morgan fingerprint density at radius 2 is 2.25 bits per heavy atom. The Morgan fingerprint density at radius 1 is 1.50 bits per heavy atom. The summed E-state index contributed by atoms with van der Waals surface area (Å²) in [7, 11) is 1.62. The molecule has 0 fully saturated rings. The molecule has 0 saturated heterocycles. The topological polar surface area (TPSA) is 47.8 Å². The zero-order chi connectivity index (χ0) is 11.7. The third kappa shape index (κ3) is 1.85. The fraction of sp³-hybridized carbons (Fsp3) is 0.500. The summed E-state index contributed by atoms with van der Waals surface area (Å²) in [5.74, 6) is 0. The van der Waals surface area contributed by atoms with E-state index in [2.05, 4.69) is 16.3 Å². The molecule has 86 valence electrons. The molecule has 6 heteroatoms. The second-order valence-electron chi connectivity index (χ2n) is 3.66. The maximum absolute atomic E-state index is 12.0. The number of hydrogen-bond donors (Lipinski definition) is 0. The van der Waals surface area contributed by atoms with Crippen LogP contribution in [0.3, 0.4) is 0 Å². The summed E-state index contributed by atoms with van der Waals surface area (Å²) in [5, 5.41) is 0.841. The molecule has 0 atom stereocenters. The summed E-state index contributed by atoms with van der Waals surface area (Å²) >= 11 is 7.08. The smallest absolute Gasteiger partial charge is 0.264 e. The van der Waals surface area contributed by atoms with Gasteiger partial charge in [0.2, 0.25) is 5.28 Å². The third-order valence-corrected chi connectivity index (χ3v) is 3.62. The van der Waals surface area contributed by atoms with Crippen LogP contribution < -0.4 is 5.56 Å². The van der Waals surface area contributed by atoms with E-state index in [1.807, 2.05) is 0 Å². The van der Waals surface area contributed by atoms with Gasteiger partial charge in [0.1, 0.15) is 5.39 Å². The number of aryl methyl sites for hydroxylation is 1. The molecule has 0 radical (unpaired) electrons. The van der Waals surface area contributed by atoms with Crippen molar-refractivity contribution in [1.82, 2.24) is 13.9 Å². The van der Waals surface area contributed by atoms with Crippen molar-refractivity contribution in [3.8, 4) is 0 Å². The van der Waals surface area contributed by atoms with Crippen LogP contribution in [0.25, 0.3) is 10.2 Å². The molecule has 2 aromatic heterocycles. The SMILES string of the molecule is CCCCc1nsc2nc(Cl)n(C)c(=O)c12. The third-order valence-electron chi connectivity index (χ3n) is 2.50. The first-order chi connectivity index (χ1) is 7.65. The van der Waals surface area contributed by atoms with Gasteiger partial charge in [-0.05, 0) is 36.0 Å². The van der Waals surface area contributed by atoms with Crippen molar-refractivity contribution in [2.45, 2.75) is 26.2 Å². The summed E-state index contributed by atoms with van der Waals surface area (Å²) in [6, 6.07) is 0. The minimum absolute atomic E-state index is 0.102. The molecule has 2 rings (SSSR count). The monoisotopic (exact) mass is 257 g/mol. The number of hydrogen-bond acceptors (Lipinski definition) is 4. The highest BCUT2D eigenvalue weighted by Gasteiger charge is 2.14. The molecule has 0 aliphatic rings. The number of fused-ring (bicyclic) bond motifs is 1. The summed E-state index contributed by atoms with van der Waals surface area (Å²) < 4.78 is 5.64. The molecule has 0 aliphatic heterocycles. The van der Waals surface area contributed by atoms with Crippen LogP contribution in [0.15, 0.2) is 4.79 Å². The van der Waals surface area contributed by atoms with E-state index in [0.717, 1.165) is 25.0 Å². The molecule has 2 aromatic rings. The van der Waals surface area contributed by atoms with Crippen LogP contribution in [0.1, 0.15) is 25.5 Å². The predicted octanol–water partition coefficient (Wildman–Crippen LogP) is 2.39. The molecule has 4 nitrogen and oxygen atoms in total. The van der Waals surface area contributed by atoms with Gasteiger partial charge in [-0.1, -0.05) is 13.3 Å². The predicted molar refractivity (Wildman–Crippen MR) is 66.3 cm³/mol. The first kappa shape index (κ1) is 11.5. The van der Waals surface area contributed by atoms with Crippen LogP contribution >= 0.6 is 23.1 Å². The van der Waals surface area contributed by atoms with Gasteiger partial charge in [0.05, 0.1) is 5.69 Å². The van der Waals surface area contributed by atoms with Gasteiger partial charge in [-0.2, -0.15) is 4.37 Å². The molecule has 0 amide bonds. The summed E-state index contributed by atoms with van der Waals surface area (Å²) in [6.07, 6.45) is 2.94. The lowest BCUT2D eigenvalue weighted by atomic mass is 10.1. The van der Waals surface area contributed by atoms with Crippen molar-refractivity contribution < 1.29 is 0 Å². The quantitative estimate of drug-likeness (QED) is 0.794. The van der Waals surface area contributed by atoms with Gasteiger partial charge in [0, 0.05) is 7.05 Å². The van der Waals surface area contributed by atoms with Crippen molar-refractivity contribution in [2.75, 3.05) is 0 Å². The minimum atomic E-state index is -0.102. The molecule has 0 aromatic carbocycles. The lowest BCUT2D eigenvalue weighted by Crippen LogP contribution is -2.18. The van der Waals surface area contributed by atoms with Crippen LogP contribution in [0, 0.1) is 0 Å². The van der Waals surface area contributed by atoms with E-state index in [-0.39, 0.29) is 10.8 Å². The molecular formula is C10H12ClN3OS. The summed E-state index contributed by atoms with van der Waals surface area (Å²) in [4.78, 5) is 16.8. The lowest BCUT2D eigenvalue weighted by molar-refractivity contribution is 0.784. The molecule has 0 bridgehead atoms. The standard InChI is InChI=1S/C10H12ClN3OS/c1-3-4-5-6-7-8(16-13-6)12-10(11)14(2)9(7)15/h3-5H2,1-2H3. The first-order valence-corrected chi connectivity index (χ1v) is 6.31. The molecule has 0 spiro atoms. The van der Waals surface area contributed by atoms with E-state index < -0.39 is 0 Å². The van der Waals surface area contributed by atoms with Crippen molar-refractivity contribution in [3.05, 3.63) is 21.3 Å². The molecular weight excluding hydrogens is 246 g/mol. The Morgan fingerprint density at radius 3 is 2.94 bits per heavy atom. The van der Waals surface area contributed by atoms with Crippen LogP contribution in [0.4, 0.5) is 0 Å². The molecule has 16 heavy (non-hydrogen) atoms. The molecule has 0 N–H and O–H groups in total. The normalized spacial score (nSPS) is 11.2. The molecule has 0 unspecified atom stereocenters. The average molecular weight is 258 g/mol. The van der Waals surface area contributed by atoms with Gasteiger partial charge in [-0.25, -0.2) is 4.98 Å². The van der Waals surface area contributed by atoms with Crippen molar-refractivity contribution in [2.24, 2.45) is 7.05 Å². The van der Waals surface area contributed by atoms with Gasteiger partial charge in [0.25, 0.3) is 5.56 Å². The number of nitrogens with zero attached hydrogens (tertiary/aromatic N) is 3. The Balaban J connectivity index is 2.62. The Kier molecular flexibility index (Phi) is 3.25. The van der Waals surface area contributed by atoms with Crippen molar-refractivity contribution in [3.63, 3.8) is 0 Å². The number of rotatable bonds is 3. The van der Waals surface area contributed by atoms with E-state index >= 15 is 0 Å². The van der Waals surface area contributed by atoms with E-state index in [1.165, 1.54) is 16.1 Å². The number of aromatic nitrogens is 3. The maximum atomic E-state index is 12.0. The van der Waals surface area contributed by atoms with E-state index in [0.29, 0.717) is 10.2 Å². The van der Waals surface area contributed by atoms with Gasteiger partial charge in [-0.15, -0.1) is 0 Å². The van der Waals surface area contributed by atoms with Crippen LogP contribution in [0.5, 0.6) is 0 Å². The second-order valence-corrected chi connectivity index (χ2v) is 4.75. The summed E-state index contributed by atoms with van der Waals surface area (Å²) in [6.45, 7) is 2.11. The van der Waals surface area contributed by atoms with Crippen molar-refractivity contribution in [1.29, 1.82) is 0 Å². The van der Waals surface area contributed by atoms with Crippen LogP contribution in [-0.2, 0) is 13.5 Å². The molecule has 0 saturated carbocycles. The molecule has 0 aliphatic carbocycles. The fourth-order valence-electron chi connectivity index (χ4n) is 1.53. The van der Waals surface area contributed by atoms with Crippen LogP contribution in [-0.4, -0.2) is 13.9 Å². The summed E-state index contributed by atoms with van der Waals surface area (Å²) in [5.41, 5.74) is 0.751. The highest BCUT2D eigenvalue weighted by molar-refractivity contribution is 7.12. The first-order valence-electron chi connectivity index (χ1n) is 5.16. The largest absolute Gasteiger partial charge is 0.286 e. The maximum Gasteiger partial charge on any atom is 0.264 e. The Bertz CT molecular complexity index is 575. The number of unbranched alkanes of at least 4 members (excludes halogenated alkanes) is 1. The fourth-order valence-corrected chi connectivity index (χ4v) is 2.54. The van der Waals surface area contributed by atoms with Gasteiger partial charge in [0.15, 0.2) is 4.83 Å². The zero-order valence-electron chi connectivity index (χ0n) is 9.16. The Labute approximate surface area is 102 Å². The van der Waals surface area contributed by atoms with E-state index in [1.54, 1.807) is 7.05 Å². The highest BCUT2D eigenvalue weighted by Crippen LogP contribution is 2.20. The lowest BCUT2D eigenvalue weighted by Gasteiger charge is -2.00. The Hall–Kier alpha value is -0.940. The average Bonchev–Trinajstić information content (AvgIpc) is 2.66. The zero-order valence-corrected chi connectivity index (χ0v) is 10.7. The minimum Gasteiger partial charge on any atom is -0.286 e. The van der Waals surface area contributed by atoms with E-state index in [4.69, 9.17) is 11.6 Å². The van der Waals surface area contributed by atoms with Gasteiger partial charge < -0.3 is 0 Å². The molecule has 2 heterocycles. The van der Waals surface area contributed by atoms with E-state index in [9.17, 15) is 4.79 Å². The highest BCUT2D eigenvalue weighted by atomic mass is 35.5. The van der Waals surface area contributed by atoms with Gasteiger partial charge in [-0.3, -0.25) is 9.36 Å².